The summed E-state index contributed by atoms with van der Waals surface area (Å²) in [4.78, 5) is 8.91. The molecule has 1 aromatic heterocycles. The van der Waals surface area contributed by atoms with E-state index in [9.17, 15) is 13.5 Å². The predicted molar refractivity (Wildman–Crippen MR) is 76.6 cm³/mol. The van der Waals surface area contributed by atoms with Crippen LogP contribution in [0, 0.1) is 0 Å². The first-order chi connectivity index (χ1) is 9.41. The highest BCUT2D eigenvalue weighted by Gasteiger charge is 2.11. The van der Waals surface area contributed by atoms with Gasteiger partial charge in [-0.1, -0.05) is 23.4 Å². The molecule has 106 valence electrons. The Kier molecular flexibility index (Phi) is 4.64. The normalized spacial score (nSPS) is 11.6. The van der Waals surface area contributed by atoms with Crippen LogP contribution in [-0.2, 0) is 16.4 Å². The number of aliphatic hydroxyl groups is 1. The molecule has 0 amide bonds. The van der Waals surface area contributed by atoms with E-state index in [1.165, 1.54) is 30.2 Å². The molecular formula is C12H11ClN2O3S2. The largest absolute Gasteiger partial charge is 0.391 e. The van der Waals surface area contributed by atoms with Gasteiger partial charge >= 0.3 is 0 Å². The third-order valence-electron chi connectivity index (χ3n) is 2.48. The van der Waals surface area contributed by atoms with Gasteiger partial charge in [0.15, 0.2) is 9.84 Å². The second kappa shape index (κ2) is 6.09. The summed E-state index contributed by atoms with van der Waals surface area (Å²) in [6.45, 7) is -0.260. The summed E-state index contributed by atoms with van der Waals surface area (Å²) in [5.41, 5.74) is 0.450. The Bertz CT molecular complexity index is 718. The highest BCUT2D eigenvalue weighted by Crippen LogP contribution is 2.31. The number of halogens is 1. The van der Waals surface area contributed by atoms with E-state index in [0.29, 0.717) is 10.6 Å². The van der Waals surface area contributed by atoms with Gasteiger partial charge in [-0.25, -0.2) is 18.4 Å². The van der Waals surface area contributed by atoms with Crippen molar-refractivity contribution >= 4 is 33.2 Å². The highest BCUT2D eigenvalue weighted by atomic mass is 35.5. The molecule has 8 heteroatoms. The van der Waals surface area contributed by atoms with Gasteiger partial charge in [0.2, 0.25) is 0 Å². The molecule has 20 heavy (non-hydrogen) atoms. The van der Waals surface area contributed by atoms with Crippen LogP contribution in [0.3, 0.4) is 0 Å². The van der Waals surface area contributed by atoms with Crippen LogP contribution in [-0.4, -0.2) is 29.7 Å². The van der Waals surface area contributed by atoms with Crippen LogP contribution in [0.5, 0.6) is 0 Å². The lowest BCUT2D eigenvalue weighted by Crippen LogP contribution is -1.97. The molecule has 0 fully saturated rings. The van der Waals surface area contributed by atoms with Crippen molar-refractivity contribution in [2.24, 2.45) is 0 Å². The van der Waals surface area contributed by atoms with Gasteiger partial charge in [-0.05, 0) is 24.3 Å². The fourth-order valence-electron chi connectivity index (χ4n) is 1.46. The number of sulfone groups is 1. The molecule has 0 atom stereocenters. The van der Waals surface area contributed by atoms with Crippen LogP contribution in [0.4, 0.5) is 0 Å². The molecular weight excluding hydrogens is 320 g/mol. The Morgan fingerprint density at radius 3 is 2.45 bits per heavy atom. The van der Waals surface area contributed by atoms with Crippen LogP contribution in [0.2, 0.25) is 5.15 Å². The van der Waals surface area contributed by atoms with Gasteiger partial charge in [0.1, 0.15) is 16.5 Å². The lowest BCUT2D eigenvalue weighted by atomic mass is 10.4. The van der Waals surface area contributed by atoms with Crippen molar-refractivity contribution in [1.29, 1.82) is 0 Å². The summed E-state index contributed by atoms with van der Waals surface area (Å²) in [6, 6.07) is 6.41. The Morgan fingerprint density at radius 1 is 1.25 bits per heavy atom. The van der Waals surface area contributed by atoms with Gasteiger partial charge in [0.25, 0.3) is 0 Å². The van der Waals surface area contributed by atoms with Crippen LogP contribution < -0.4 is 0 Å². The number of hydrogen-bond donors (Lipinski definition) is 1. The van der Waals surface area contributed by atoms with Crippen LogP contribution >= 0.6 is 23.4 Å². The number of rotatable bonds is 4. The van der Waals surface area contributed by atoms with Gasteiger partial charge in [-0.3, -0.25) is 0 Å². The third kappa shape index (κ3) is 3.49. The molecule has 0 saturated heterocycles. The number of benzene rings is 1. The number of aromatic nitrogens is 2. The van der Waals surface area contributed by atoms with Crippen molar-refractivity contribution in [3.8, 4) is 0 Å². The molecule has 1 N–H and O–H groups in total. The quantitative estimate of drug-likeness (QED) is 0.865. The summed E-state index contributed by atoms with van der Waals surface area (Å²) < 4.78 is 22.7. The van der Waals surface area contributed by atoms with Gasteiger partial charge in [0, 0.05) is 16.7 Å². The summed E-state index contributed by atoms with van der Waals surface area (Å²) in [7, 11) is -3.21. The fourth-order valence-corrected chi connectivity index (χ4v) is 3.22. The molecule has 5 nitrogen and oxygen atoms in total. The maximum atomic E-state index is 11.4. The van der Waals surface area contributed by atoms with Crippen molar-refractivity contribution in [3.63, 3.8) is 0 Å². The lowest BCUT2D eigenvalue weighted by Gasteiger charge is -2.07. The summed E-state index contributed by atoms with van der Waals surface area (Å²) in [6.07, 6.45) is 2.47. The van der Waals surface area contributed by atoms with E-state index in [-0.39, 0.29) is 16.7 Å². The SMILES string of the molecule is CS(=O)(=O)c1ccc(Sc2ncnc(Cl)c2CO)cc1. The highest BCUT2D eigenvalue weighted by molar-refractivity contribution is 7.99. The molecule has 0 spiro atoms. The first kappa shape index (κ1) is 15.2. The molecule has 0 aliphatic rings. The molecule has 0 aliphatic heterocycles. The van der Waals surface area contributed by atoms with Crippen LogP contribution in [0.25, 0.3) is 0 Å². The number of aliphatic hydroxyl groups excluding tert-OH is 1. The molecule has 0 radical (unpaired) electrons. The summed E-state index contributed by atoms with van der Waals surface area (Å²) in [5, 5.41) is 10.0. The van der Waals surface area contributed by atoms with E-state index in [1.54, 1.807) is 12.1 Å². The maximum Gasteiger partial charge on any atom is 0.175 e. The monoisotopic (exact) mass is 330 g/mol. The lowest BCUT2D eigenvalue weighted by molar-refractivity contribution is 0.277. The smallest absolute Gasteiger partial charge is 0.175 e. The Morgan fingerprint density at radius 2 is 1.90 bits per heavy atom. The maximum absolute atomic E-state index is 11.4. The van der Waals surface area contributed by atoms with E-state index < -0.39 is 9.84 Å². The Hall–Kier alpha value is -1.15. The standard InChI is InChI=1S/C12H11ClN2O3S2/c1-20(17,18)9-4-2-8(3-5-9)19-12-10(6-16)11(13)14-7-15-12/h2-5,7,16H,6H2,1H3. The third-order valence-corrected chi connectivity index (χ3v) is 4.98. The average Bonchev–Trinajstić information content (AvgIpc) is 2.38. The minimum Gasteiger partial charge on any atom is -0.391 e. The predicted octanol–water partition coefficient (Wildman–Crippen LogP) is 2.18. The van der Waals surface area contributed by atoms with Crippen molar-refractivity contribution in [2.75, 3.05) is 6.26 Å². The number of hydrogen-bond acceptors (Lipinski definition) is 6. The first-order valence-corrected chi connectivity index (χ1v) is 8.58. The van der Waals surface area contributed by atoms with Crippen molar-refractivity contribution in [2.45, 2.75) is 21.4 Å². The van der Waals surface area contributed by atoms with Gasteiger partial charge in [-0.15, -0.1) is 0 Å². The zero-order chi connectivity index (χ0) is 14.8. The zero-order valence-electron chi connectivity index (χ0n) is 10.4. The summed E-state index contributed by atoms with van der Waals surface area (Å²) >= 11 is 7.16. The molecule has 0 aliphatic carbocycles. The zero-order valence-corrected chi connectivity index (χ0v) is 12.8. The molecule has 2 aromatic rings. The van der Waals surface area contributed by atoms with E-state index >= 15 is 0 Å². The van der Waals surface area contributed by atoms with E-state index in [2.05, 4.69) is 9.97 Å². The average molecular weight is 331 g/mol. The molecule has 1 aromatic carbocycles. The van der Waals surface area contributed by atoms with Crippen LogP contribution in [0.15, 0.2) is 45.4 Å². The van der Waals surface area contributed by atoms with E-state index in [1.807, 2.05) is 0 Å². The molecule has 0 saturated carbocycles. The number of nitrogens with zero attached hydrogens (tertiary/aromatic N) is 2. The fraction of sp³-hybridized carbons (Fsp3) is 0.167. The van der Waals surface area contributed by atoms with Crippen molar-refractivity contribution in [1.82, 2.24) is 9.97 Å². The molecule has 1 heterocycles. The minimum absolute atomic E-state index is 0.206. The summed E-state index contributed by atoms with van der Waals surface area (Å²) in [5.74, 6) is 0. The molecule has 0 bridgehead atoms. The molecule has 2 rings (SSSR count). The van der Waals surface area contributed by atoms with Gasteiger partial charge in [0.05, 0.1) is 11.5 Å². The van der Waals surface area contributed by atoms with Crippen LogP contribution in [0.1, 0.15) is 5.56 Å². The second-order valence-corrected chi connectivity index (χ2v) is 7.39. The van der Waals surface area contributed by atoms with E-state index in [4.69, 9.17) is 11.6 Å². The van der Waals surface area contributed by atoms with Crippen molar-refractivity contribution < 1.29 is 13.5 Å². The molecule has 0 unspecified atom stereocenters. The van der Waals surface area contributed by atoms with Gasteiger partial charge in [-0.2, -0.15) is 0 Å². The van der Waals surface area contributed by atoms with Crippen molar-refractivity contribution in [3.05, 3.63) is 41.3 Å². The minimum atomic E-state index is -3.21. The van der Waals surface area contributed by atoms with E-state index in [0.717, 1.165) is 11.2 Å². The Balaban J connectivity index is 2.29. The topological polar surface area (TPSA) is 80.2 Å². The van der Waals surface area contributed by atoms with Gasteiger partial charge < -0.3 is 5.11 Å². The second-order valence-electron chi connectivity index (χ2n) is 3.95. The Labute approximate surface area is 126 Å². The first-order valence-electron chi connectivity index (χ1n) is 5.50.